The van der Waals surface area contributed by atoms with Crippen LogP contribution in [0.3, 0.4) is 0 Å². The quantitative estimate of drug-likeness (QED) is 0.681. The van der Waals surface area contributed by atoms with Crippen molar-refractivity contribution in [3.8, 4) is 0 Å². The highest BCUT2D eigenvalue weighted by molar-refractivity contribution is 7.98. The minimum Gasteiger partial charge on any atom is -0.339 e. The summed E-state index contributed by atoms with van der Waals surface area (Å²) in [5.41, 5.74) is 4.97. The molecule has 130 valence electrons. The number of nitrogens with one attached hydrogen (secondary N) is 1. The highest BCUT2D eigenvalue weighted by Gasteiger charge is 2.22. The zero-order valence-electron chi connectivity index (χ0n) is 14.5. The Hall–Kier alpha value is -2.79. The number of hydrogen-bond donors (Lipinski definition) is 1. The molecule has 1 aliphatic heterocycles. The van der Waals surface area contributed by atoms with E-state index in [-0.39, 0.29) is 5.91 Å². The normalized spacial score (nSPS) is 12.7. The van der Waals surface area contributed by atoms with Crippen LogP contribution in [0.4, 0.5) is 17.1 Å². The number of hydrogen-bond acceptors (Lipinski definition) is 4. The lowest BCUT2D eigenvalue weighted by molar-refractivity contribution is 0.102. The van der Waals surface area contributed by atoms with Crippen molar-refractivity contribution in [1.82, 2.24) is 4.98 Å². The molecule has 0 unspecified atom stereocenters. The van der Waals surface area contributed by atoms with Gasteiger partial charge >= 0.3 is 0 Å². The lowest BCUT2D eigenvalue weighted by atomic mass is 10.1. The summed E-state index contributed by atoms with van der Waals surface area (Å²) < 4.78 is 0. The second kappa shape index (κ2) is 7.22. The van der Waals surface area contributed by atoms with Crippen LogP contribution in [0.15, 0.2) is 71.9 Å². The number of pyridine rings is 1. The number of para-hydroxylation sites is 3. The summed E-state index contributed by atoms with van der Waals surface area (Å²) in [6.45, 7) is 0.912. The van der Waals surface area contributed by atoms with Crippen molar-refractivity contribution >= 4 is 34.7 Å². The Morgan fingerprint density at radius 2 is 1.81 bits per heavy atom. The van der Waals surface area contributed by atoms with Gasteiger partial charge in [0.05, 0.1) is 16.9 Å². The van der Waals surface area contributed by atoms with Gasteiger partial charge in [0, 0.05) is 18.4 Å². The fourth-order valence-corrected chi connectivity index (χ4v) is 3.87. The summed E-state index contributed by atoms with van der Waals surface area (Å²) in [7, 11) is 0. The molecule has 2 aromatic carbocycles. The number of aromatic nitrogens is 1. The summed E-state index contributed by atoms with van der Waals surface area (Å²) in [5, 5.41) is 3.81. The van der Waals surface area contributed by atoms with Gasteiger partial charge in [0.1, 0.15) is 5.03 Å². The zero-order valence-corrected chi connectivity index (χ0v) is 15.3. The molecule has 0 spiro atoms. The third-order valence-corrected chi connectivity index (χ3v) is 5.25. The average Bonchev–Trinajstić information content (AvgIpc) is 3.12. The molecule has 0 saturated carbocycles. The Bertz CT molecular complexity index is 957. The molecule has 1 aromatic heterocycles. The summed E-state index contributed by atoms with van der Waals surface area (Å²) in [4.78, 5) is 19.4. The van der Waals surface area contributed by atoms with Gasteiger partial charge in [-0.3, -0.25) is 4.79 Å². The number of anilines is 3. The van der Waals surface area contributed by atoms with E-state index in [1.165, 1.54) is 23.0 Å². The van der Waals surface area contributed by atoms with Crippen molar-refractivity contribution < 1.29 is 4.79 Å². The largest absolute Gasteiger partial charge is 0.339 e. The van der Waals surface area contributed by atoms with E-state index < -0.39 is 0 Å². The molecule has 1 N–H and O–H groups in total. The van der Waals surface area contributed by atoms with E-state index in [2.05, 4.69) is 45.5 Å². The Labute approximate surface area is 157 Å². The average molecular weight is 361 g/mol. The number of rotatable bonds is 4. The van der Waals surface area contributed by atoms with E-state index >= 15 is 0 Å². The van der Waals surface area contributed by atoms with E-state index in [1.807, 2.05) is 30.5 Å². The van der Waals surface area contributed by atoms with Crippen molar-refractivity contribution in [2.45, 2.75) is 11.4 Å². The van der Waals surface area contributed by atoms with Gasteiger partial charge in [-0.2, -0.15) is 0 Å². The summed E-state index contributed by atoms with van der Waals surface area (Å²) in [6, 6.07) is 20.0. The molecule has 0 aliphatic carbocycles. The molecule has 0 radical (unpaired) electrons. The third-order valence-electron chi connectivity index (χ3n) is 4.54. The molecule has 0 bridgehead atoms. The maximum Gasteiger partial charge on any atom is 0.258 e. The van der Waals surface area contributed by atoms with Crippen LogP contribution in [-0.4, -0.2) is 23.7 Å². The number of amides is 1. The maximum atomic E-state index is 12.8. The van der Waals surface area contributed by atoms with Crippen LogP contribution in [0.5, 0.6) is 0 Å². The summed E-state index contributed by atoms with van der Waals surface area (Å²) >= 11 is 1.47. The lowest BCUT2D eigenvalue weighted by Gasteiger charge is -2.23. The van der Waals surface area contributed by atoms with Gasteiger partial charge in [0.15, 0.2) is 0 Å². The van der Waals surface area contributed by atoms with E-state index in [1.54, 1.807) is 12.3 Å². The number of benzene rings is 2. The maximum absolute atomic E-state index is 12.8. The van der Waals surface area contributed by atoms with Crippen LogP contribution in [0.2, 0.25) is 0 Å². The first-order valence-corrected chi connectivity index (χ1v) is 9.75. The first-order valence-electron chi connectivity index (χ1n) is 8.53. The van der Waals surface area contributed by atoms with Crippen LogP contribution in [0.25, 0.3) is 0 Å². The fraction of sp³-hybridized carbons (Fsp3) is 0.143. The first-order chi connectivity index (χ1) is 12.8. The molecule has 0 fully saturated rings. The van der Waals surface area contributed by atoms with Gasteiger partial charge in [0.25, 0.3) is 5.91 Å². The fourth-order valence-electron chi connectivity index (χ4n) is 3.32. The van der Waals surface area contributed by atoms with Crippen LogP contribution in [-0.2, 0) is 6.42 Å². The van der Waals surface area contributed by atoms with E-state index in [4.69, 9.17) is 0 Å². The monoisotopic (exact) mass is 361 g/mol. The van der Waals surface area contributed by atoms with Gasteiger partial charge in [-0.15, -0.1) is 11.8 Å². The third kappa shape index (κ3) is 3.06. The summed E-state index contributed by atoms with van der Waals surface area (Å²) in [6.07, 6.45) is 4.64. The van der Waals surface area contributed by atoms with Crippen molar-refractivity contribution in [2.24, 2.45) is 0 Å². The minimum atomic E-state index is -0.137. The first kappa shape index (κ1) is 16.7. The van der Waals surface area contributed by atoms with E-state index in [9.17, 15) is 4.79 Å². The summed E-state index contributed by atoms with van der Waals surface area (Å²) in [5.74, 6) is -0.137. The molecule has 26 heavy (non-hydrogen) atoms. The van der Waals surface area contributed by atoms with Crippen molar-refractivity contribution in [3.05, 3.63) is 78.0 Å². The van der Waals surface area contributed by atoms with Crippen molar-refractivity contribution in [2.75, 3.05) is 23.0 Å². The van der Waals surface area contributed by atoms with E-state index in [0.29, 0.717) is 5.56 Å². The van der Waals surface area contributed by atoms with Crippen molar-refractivity contribution in [3.63, 3.8) is 0 Å². The molecule has 2 heterocycles. The number of fused-ring (bicyclic) bond motifs is 1. The number of nitrogens with zero attached hydrogens (tertiary/aromatic N) is 2. The van der Waals surface area contributed by atoms with Gasteiger partial charge in [-0.1, -0.05) is 30.3 Å². The molecular formula is C21H19N3OS. The molecule has 4 nitrogen and oxygen atoms in total. The Kier molecular flexibility index (Phi) is 4.63. The van der Waals surface area contributed by atoms with Crippen molar-refractivity contribution in [1.29, 1.82) is 0 Å². The Morgan fingerprint density at radius 1 is 1.04 bits per heavy atom. The number of carbonyl (C=O) groups excluding carboxylic acids is 1. The Balaban J connectivity index is 1.66. The topological polar surface area (TPSA) is 45.2 Å². The van der Waals surface area contributed by atoms with E-state index in [0.717, 1.165) is 29.4 Å². The molecule has 1 amide bonds. The van der Waals surface area contributed by atoms with Crippen LogP contribution >= 0.6 is 11.8 Å². The van der Waals surface area contributed by atoms with Crippen LogP contribution in [0, 0.1) is 0 Å². The molecule has 5 heteroatoms. The molecule has 4 rings (SSSR count). The molecule has 3 aromatic rings. The second-order valence-corrected chi connectivity index (χ2v) is 6.86. The standard InChI is InChI=1S/C21H19N3OS/c1-26-21-16(8-6-13-22-21)20(25)23-17-9-3-5-11-19(17)24-14-12-15-7-2-4-10-18(15)24/h2-11,13H,12,14H2,1H3,(H,23,25). The number of thioether (sulfide) groups is 1. The number of carbonyl (C=O) groups is 1. The minimum absolute atomic E-state index is 0.137. The predicted molar refractivity (Wildman–Crippen MR) is 108 cm³/mol. The molecule has 0 atom stereocenters. The van der Waals surface area contributed by atoms with Crippen LogP contribution in [0.1, 0.15) is 15.9 Å². The Morgan fingerprint density at radius 3 is 2.65 bits per heavy atom. The zero-order chi connectivity index (χ0) is 17.9. The van der Waals surface area contributed by atoms with Gasteiger partial charge < -0.3 is 10.2 Å². The molecule has 1 aliphatic rings. The SMILES string of the molecule is CSc1ncccc1C(=O)Nc1ccccc1N1CCc2ccccc21. The predicted octanol–water partition coefficient (Wildman–Crippen LogP) is 4.75. The highest BCUT2D eigenvalue weighted by Crippen LogP contribution is 2.38. The second-order valence-electron chi connectivity index (χ2n) is 6.06. The molecular weight excluding hydrogens is 342 g/mol. The smallest absolute Gasteiger partial charge is 0.258 e. The molecule has 0 saturated heterocycles. The van der Waals surface area contributed by atoms with Gasteiger partial charge in [-0.05, 0) is 48.6 Å². The van der Waals surface area contributed by atoms with Gasteiger partial charge in [0.2, 0.25) is 0 Å². The lowest BCUT2D eigenvalue weighted by Crippen LogP contribution is -2.19. The van der Waals surface area contributed by atoms with Crippen LogP contribution < -0.4 is 10.2 Å². The highest BCUT2D eigenvalue weighted by atomic mass is 32.2. The van der Waals surface area contributed by atoms with Gasteiger partial charge in [-0.25, -0.2) is 4.98 Å².